The maximum absolute atomic E-state index is 12.0. The quantitative estimate of drug-likeness (QED) is 0.659. The van der Waals surface area contributed by atoms with Gasteiger partial charge >= 0.3 is 0 Å². The average molecular weight is 271 g/mol. The van der Waals surface area contributed by atoms with Gasteiger partial charge in [0, 0.05) is 39.6 Å². The number of hydrogen-bond donors (Lipinski definition) is 1. The van der Waals surface area contributed by atoms with E-state index >= 15 is 0 Å². The molecule has 0 aliphatic heterocycles. The number of nitrogens with zero attached hydrogens (tertiary/aromatic N) is 2. The second-order valence-corrected chi connectivity index (χ2v) is 6.25. The van der Waals surface area contributed by atoms with E-state index in [9.17, 15) is 4.79 Å². The lowest BCUT2D eigenvalue weighted by molar-refractivity contribution is -0.130. The van der Waals surface area contributed by atoms with E-state index in [0.717, 1.165) is 32.6 Å². The topological polar surface area (TPSA) is 49.6 Å². The molecule has 4 heteroatoms. The van der Waals surface area contributed by atoms with Gasteiger partial charge in [-0.2, -0.15) is 0 Å². The first kappa shape index (κ1) is 18.4. The first-order chi connectivity index (χ1) is 8.86. The van der Waals surface area contributed by atoms with Gasteiger partial charge in [-0.15, -0.1) is 0 Å². The molecule has 114 valence electrons. The maximum Gasteiger partial charge on any atom is 0.223 e. The maximum atomic E-state index is 12.0. The van der Waals surface area contributed by atoms with Crippen molar-refractivity contribution >= 4 is 5.91 Å². The molecule has 0 bridgehead atoms. The van der Waals surface area contributed by atoms with E-state index in [1.807, 2.05) is 7.05 Å². The first-order valence-electron chi connectivity index (χ1n) is 7.53. The first-order valence-corrected chi connectivity index (χ1v) is 7.53. The molecule has 1 amide bonds. The van der Waals surface area contributed by atoms with Crippen molar-refractivity contribution in [2.75, 3.05) is 39.8 Å². The monoisotopic (exact) mass is 271 g/mol. The molecule has 0 fully saturated rings. The predicted octanol–water partition coefficient (Wildman–Crippen LogP) is 1.80. The second kappa shape index (κ2) is 10.2. The molecule has 0 aromatic heterocycles. The summed E-state index contributed by atoms with van der Waals surface area (Å²) in [5.41, 5.74) is 5.46. The van der Waals surface area contributed by atoms with Crippen molar-refractivity contribution in [1.82, 2.24) is 9.80 Å². The van der Waals surface area contributed by atoms with E-state index in [-0.39, 0.29) is 5.91 Å². The molecule has 0 aliphatic carbocycles. The SMILES string of the molecule is CC(C)CN(CCC(=O)N(C)CCCN)CC(C)C. The Bertz CT molecular complexity index is 232. The van der Waals surface area contributed by atoms with Crippen LogP contribution in [0.1, 0.15) is 40.5 Å². The van der Waals surface area contributed by atoms with Crippen LogP contribution < -0.4 is 5.73 Å². The zero-order chi connectivity index (χ0) is 14.8. The van der Waals surface area contributed by atoms with Gasteiger partial charge in [0.05, 0.1) is 0 Å². The third-order valence-corrected chi connectivity index (χ3v) is 3.01. The molecule has 0 unspecified atom stereocenters. The molecule has 0 saturated heterocycles. The third-order valence-electron chi connectivity index (χ3n) is 3.01. The molecule has 0 spiro atoms. The lowest BCUT2D eigenvalue weighted by atomic mass is 10.1. The van der Waals surface area contributed by atoms with Gasteiger partial charge in [0.1, 0.15) is 0 Å². The van der Waals surface area contributed by atoms with Crippen LogP contribution in [-0.2, 0) is 4.79 Å². The summed E-state index contributed by atoms with van der Waals surface area (Å²) < 4.78 is 0. The van der Waals surface area contributed by atoms with Gasteiger partial charge in [0.15, 0.2) is 0 Å². The van der Waals surface area contributed by atoms with Crippen LogP contribution in [0.4, 0.5) is 0 Å². The van der Waals surface area contributed by atoms with Crippen molar-refractivity contribution in [2.45, 2.75) is 40.5 Å². The zero-order valence-corrected chi connectivity index (χ0v) is 13.5. The number of amides is 1. The summed E-state index contributed by atoms with van der Waals surface area (Å²) in [6, 6.07) is 0. The highest BCUT2D eigenvalue weighted by molar-refractivity contribution is 5.76. The second-order valence-electron chi connectivity index (χ2n) is 6.25. The molecule has 0 atom stereocenters. The van der Waals surface area contributed by atoms with Gasteiger partial charge in [-0.25, -0.2) is 0 Å². The Balaban J connectivity index is 4.10. The molecule has 0 aliphatic rings. The molecular weight excluding hydrogens is 238 g/mol. The largest absolute Gasteiger partial charge is 0.346 e. The highest BCUT2D eigenvalue weighted by Crippen LogP contribution is 2.05. The van der Waals surface area contributed by atoms with Gasteiger partial charge in [0.2, 0.25) is 5.91 Å². The van der Waals surface area contributed by atoms with E-state index in [1.54, 1.807) is 4.90 Å². The van der Waals surface area contributed by atoms with Crippen LogP contribution in [0.3, 0.4) is 0 Å². The van der Waals surface area contributed by atoms with Crippen molar-refractivity contribution in [3.63, 3.8) is 0 Å². The van der Waals surface area contributed by atoms with Crippen LogP contribution in [0.15, 0.2) is 0 Å². The van der Waals surface area contributed by atoms with Gasteiger partial charge < -0.3 is 15.5 Å². The Morgan fingerprint density at radius 1 is 1.05 bits per heavy atom. The minimum Gasteiger partial charge on any atom is -0.346 e. The highest BCUT2D eigenvalue weighted by Gasteiger charge is 2.13. The van der Waals surface area contributed by atoms with Crippen molar-refractivity contribution in [3.05, 3.63) is 0 Å². The fraction of sp³-hybridized carbons (Fsp3) is 0.933. The zero-order valence-electron chi connectivity index (χ0n) is 13.5. The Morgan fingerprint density at radius 3 is 2.00 bits per heavy atom. The van der Waals surface area contributed by atoms with Gasteiger partial charge in [-0.1, -0.05) is 27.7 Å². The van der Waals surface area contributed by atoms with Crippen LogP contribution in [-0.4, -0.2) is 55.5 Å². The number of hydrogen-bond acceptors (Lipinski definition) is 3. The minimum absolute atomic E-state index is 0.228. The molecule has 0 saturated carbocycles. The molecular formula is C15H33N3O. The summed E-state index contributed by atoms with van der Waals surface area (Å²) in [4.78, 5) is 16.2. The average Bonchev–Trinajstić information content (AvgIpc) is 2.31. The number of rotatable bonds is 10. The number of carbonyl (C=O) groups excluding carboxylic acids is 1. The summed E-state index contributed by atoms with van der Waals surface area (Å²) in [6.07, 6.45) is 1.49. The molecule has 0 radical (unpaired) electrons. The Kier molecular flexibility index (Phi) is 9.88. The van der Waals surface area contributed by atoms with Gasteiger partial charge in [0.25, 0.3) is 0 Å². The Morgan fingerprint density at radius 2 is 1.58 bits per heavy atom. The van der Waals surface area contributed by atoms with Crippen molar-refractivity contribution < 1.29 is 4.79 Å². The van der Waals surface area contributed by atoms with Crippen LogP contribution in [0.2, 0.25) is 0 Å². The van der Waals surface area contributed by atoms with Crippen molar-refractivity contribution in [2.24, 2.45) is 17.6 Å². The molecule has 19 heavy (non-hydrogen) atoms. The van der Waals surface area contributed by atoms with E-state index in [2.05, 4.69) is 32.6 Å². The lowest BCUT2D eigenvalue weighted by Crippen LogP contribution is -2.36. The summed E-state index contributed by atoms with van der Waals surface area (Å²) in [6.45, 7) is 13.3. The van der Waals surface area contributed by atoms with Gasteiger partial charge in [-0.05, 0) is 24.8 Å². The summed E-state index contributed by atoms with van der Waals surface area (Å²) >= 11 is 0. The third kappa shape index (κ3) is 9.91. The molecule has 0 rings (SSSR count). The molecule has 0 aromatic carbocycles. The van der Waals surface area contributed by atoms with Crippen LogP contribution >= 0.6 is 0 Å². The van der Waals surface area contributed by atoms with Crippen molar-refractivity contribution in [1.29, 1.82) is 0 Å². The van der Waals surface area contributed by atoms with Gasteiger partial charge in [-0.3, -0.25) is 4.79 Å². The van der Waals surface area contributed by atoms with E-state index in [0.29, 0.717) is 24.8 Å². The minimum atomic E-state index is 0.228. The van der Waals surface area contributed by atoms with Crippen LogP contribution in [0.25, 0.3) is 0 Å². The predicted molar refractivity (Wildman–Crippen MR) is 82.0 cm³/mol. The summed E-state index contributed by atoms with van der Waals surface area (Å²) in [5.74, 6) is 1.51. The number of nitrogens with two attached hydrogens (primary N) is 1. The highest BCUT2D eigenvalue weighted by atomic mass is 16.2. The fourth-order valence-corrected chi connectivity index (χ4v) is 2.19. The molecule has 2 N–H and O–H groups in total. The van der Waals surface area contributed by atoms with E-state index < -0.39 is 0 Å². The molecule has 4 nitrogen and oxygen atoms in total. The van der Waals surface area contributed by atoms with E-state index in [4.69, 9.17) is 5.73 Å². The van der Waals surface area contributed by atoms with Crippen LogP contribution in [0, 0.1) is 11.8 Å². The standard InChI is InChI=1S/C15H33N3O/c1-13(2)11-18(12-14(3)4)10-7-15(19)17(5)9-6-8-16/h13-14H,6-12,16H2,1-5H3. The summed E-state index contributed by atoms with van der Waals surface area (Å²) in [5, 5.41) is 0. The Hall–Kier alpha value is -0.610. The van der Waals surface area contributed by atoms with Crippen LogP contribution in [0.5, 0.6) is 0 Å². The van der Waals surface area contributed by atoms with E-state index in [1.165, 1.54) is 0 Å². The molecule has 0 heterocycles. The smallest absolute Gasteiger partial charge is 0.223 e. The normalized spacial score (nSPS) is 11.6. The summed E-state index contributed by atoms with van der Waals surface area (Å²) in [7, 11) is 1.87. The molecule has 0 aromatic rings. The lowest BCUT2D eigenvalue weighted by Gasteiger charge is -2.26. The van der Waals surface area contributed by atoms with Crippen molar-refractivity contribution in [3.8, 4) is 0 Å². The fourth-order valence-electron chi connectivity index (χ4n) is 2.19. The number of carbonyl (C=O) groups is 1. The Labute approximate surface area is 119 Å².